The third kappa shape index (κ3) is 2.40. The lowest BCUT2D eigenvalue weighted by Crippen LogP contribution is -2.26. The van der Waals surface area contributed by atoms with Crippen LogP contribution in [0.25, 0.3) is 0 Å². The first-order valence-corrected chi connectivity index (χ1v) is 7.38. The standard InChI is InChI=1S/C13H17N5OS/c1-7-15-5-9(20-7)6-18(2)13(19)12-10(14)11(16-17-12)8-3-4-8/h5,8H,3-4,6,14H2,1-2H3,(H,16,17). The molecule has 1 fully saturated rings. The zero-order chi connectivity index (χ0) is 14.3. The molecule has 6 nitrogen and oxygen atoms in total. The molecular weight excluding hydrogens is 274 g/mol. The Morgan fingerprint density at radius 2 is 2.35 bits per heavy atom. The van der Waals surface area contributed by atoms with Gasteiger partial charge in [-0.25, -0.2) is 4.98 Å². The molecule has 0 bridgehead atoms. The number of aromatic amines is 1. The molecule has 1 amide bonds. The highest BCUT2D eigenvalue weighted by Crippen LogP contribution is 2.42. The lowest BCUT2D eigenvalue weighted by molar-refractivity contribution is 0.0781. The lowest BCUT2D eigenvalue weighted by Gasteiger charge is -2.14. The minimum Gasteiger partial charge on any atom is -0.395 e. The Hall–Kier alpha value is -1.89. The van der Waals surface area contributed by atoms with E-state index in [4.69, 9.17) is 5.73 Å². The van der Waals surface area contributed by atoms with Gasteiger partial charge in [0.25, 0.3) is 5.91 Å². The van der Waals surface area contributed by atoms with Crippen LogP contribution in [0.1, 0.15) is 44.8 Å². The molecule has 2 aromatic heterocycles. The first kappa shape index (κ1) is 13.1. The number of nitrogens with one attached hydrogen (secondary N) is 1. The van der Waals surface area contributed by atoms with Crippen molar-refractivity contribution in [3.8, 4) is 0 Å². The Labute approximate surface area is 121 Å². The molecule has 1 aliphatic rings. The van der Waals surface area contributed by atoms with E-state index in [1.165, 1.54) is 0 Å². The molecule has 7 heteroatoms. The summed E-state index contributed by atoms with van der Waals surface area (Å²) in [5.41, 5.74) is 7.78. The maximum Gasteiger partial charge on any atom is 0.276 e. The lowest BCUT2D eigenvalue weighted by atomic mass is 10.2. The SMILES string of the molecule is Cc1ncc(CN(C)C(=O)c2n[nH]c(C3CC3)c2N)s1. The largest absolute Gasteiger partial charge is 0.395 e. The van der Waals surface area contributed by atoms with Crippen LogP contribution in [0.4, 0.5) is 5.69 Å². The molecule has 3 rings (SSSR count). The summed E-state index contributed by atoms with van der Waals surface area (Å²) >= 11 is 1.59. The summed E-state index contributed by atoms with van der Waals surface area (Å²) in [7, 11) is 1.75. The molecule has 1 aliphatic carbocycles. The predicted molar refractivity (Wildman–Crippen MR) is 77.6 cm³/mol. The Morgan fingerprint density at radius 1 is 1.60 bits per heavy atom. The maximum absolute atomic E-state index is 12.4. The minimum atomic E-state index is -0.156. The smallest absolute Gasteiger partial charge is 0.276 e. The molecule has 0 spiro atoms. The number of rotatable bonds is 4. The molecular formula is C13H17N5OS. The van der Waals surface area contributed by atoms with Gasteiger partial charge in [0.15, 0.2) is 5.69 Å². The number of anilines is 1. The normalized spacial score (nSPS) is 14.5. The van der Waals surface area contributed by atoms with E-state index in [2.05, 4.69) is 15.2 Å². The molecule has 3 N–H and O–H groups in total. The van der Waals surface area contributed by atoms with Crippen molar-refractivity contribution in [1.82, 2.24) is 20.1 Å². The molecule has 0 atom stereocenters. The topological polar surface area (TPSA) is 87.9 Å². The number of aromatic nitrogens is 3. The fourth-order valence-corrected chi connectivity index (χ4v) is 3.02. The Bertz CT molecular complexity index is 643. The van der Waals surface area contributed by atoms with Gasteiger partial charge in [-0.2, -0.15) is 5.10 Å². The fraction of sp³-hybridized carbons (Fsp3) is 0.462. The first-order valence-electron chi connectivity index (χ1n) is 6.56. The van der Waals surface area contributed by atoms with Crippen LogP contribution < -0.4 is 5.73 Å². The van der Waals surface area contributed by atoms with Crippen LogP contribution in [0.2, 0.25) is 0 Å². The van der Waals surface area contributed by atoms with Gasteiger partial charge in [0.1, 0.15) is 0 Å². The molecule has 2 heterocycles. The number of carbonyl (C=O) groups is 1. The molecule has 2 aromatic rings. The summed E-state index contributed by atoms with van der Waals surface area (Å²) < 4.78 is 0. The van der Waals surface area contributed by atoms with E-state index in [1.54, 1.807) is 29.5 Å². The van der Waals surface area contributed by atoms with E-state index in [1.807, 2.05) is 6.92 Å². The summed E-state index contributed by atoms with van der Waals surface area (Å²) in [4.78, 5) is 19.2. The quantitative estimate of drug-likeness (QED) is 0.900. The van der Waals surface area contributed by atoms with Crippen LogP contribution in [0.3, 0.4) is 0 Å². The van der Waals surface area contributed by atoms with Crippen molar-refractivity contribution in [2.45, 2.75) is 32.2 Å². The summed E-state index contributed by atoms with van der Waals surface area (Å²) in [6, 6.07) is 0. The number of hydrogen-bond acceptors (Lipinski definition) is 5. The van der Waals surface area contributed by atoms with Crippen molar-refractivity contribution in [3.05, 3.63) is 27.5 Å². The van der Waals surface area contributed by atoms with Crippen molar-refractivity contribution in [2.24, 2.45) is 0 Å². The third-order valence-electron chi connectivity index (χ3n) is 3.43. The van der Waals surface area contributed by atoms with Crippen LogP contribution >= 0.6 is 11.3 Å². The monoisotopic (exact) mass is 291 g/mol. The predicted octanol–water partition coefficient (Wildman–Crippen LogP) is 1.91. The van der Waals surface area contributed by atoms with Crippen molar-refractivity contribution >= 4 is 22.9 Å². The summed E-state index contributed by atoms with van der Waals surface area (Å²) in [6.07, 6.45) is 4.04. The highest BCUT2D eigenvalue weighted by Gasteiger charge is 2.31. The second kappa shape index (κ2) is 4.90. The Balaban J connectivity index is 1.74. The minimum absolute atomic E-state index is 0.156. The number of nitrogen functional groups attached to an aromatic ring is 1. The van der Waals surface area contributed by atoms with Gasteiger partial charge in [0, 0.05) is 24.0 Å². The maximum atomic E-state index is 12.4. The van der Waals surface area contributed by atoms with Crippen LogP contribution in [0.5, 0.6) is 0 Å². The molecule has 1 saturated carbocycles. The van der Waals surface area contributed by atoms with Gasteiger partial charge < -0.3 is 10.6 Å². The van der Waals surface area contributed by atoms with Crippen molar-refractivity contribution in [3.63, 3.8) is 0 Å². The Kier molecular flexibility index (Phi) is 3.21. The number of nitrogens with two attached hydrogens (primary N) is 1. The number of amides is 1. The second-order valence-corrected chi connectivity index (χ2v) is 6.50. The van der Waals surface area contributed by atoms with Crippen molar-refractivity contribution in [1.29, 1.82) is 0 Å². The van der Waals surface area contributed by atoms with Crippen molar-refractivity contribution in [2.75, 3.05) is 12.8 Å². The molecule has 0 radical (unpaired) electrons. The molecule has 0 saturated heterocycles. The van der Waals surface area contributed by atoms with Gasteiger partial charge in [-0.05, 0) is 19.8 Å². The van der Waals surface area contributed by atoms with E-state index in [0.717, 1.165) is 28.4 Å². The average Bonchev–Trinajstić information content (AvgIpc) is 3.07. The highest BCUT2D eigenvalue weighted by atomic mass is 32.1. The van der Waals surface area contributed by atoms with Crippen LogP contribution in [0.15, 0.2) is 6.20 Å². The van der Waals surface area contributed by atoms with E-state index < -0.39 is 0 Å². The van der Waals surface area contributed by atoms with Gasteiger partial charge in [-0.15, -0.1) is 11.3 Å². The van der Waals surface area contributed by atoms with E-state index in [-0.39, 0.29) is 5.91 Å². The zero-order valence-electron chi connectivity index (χ0n) is 11.5. The summed E-state index contributed by atoms with van der Waals surface area (Å²) in [5, 5.41) is 8.00. The fourth-order valence-electron chi connectivity index (χ4n) is 2.18. The van der Waals surface area contributed by atoms with Gasteiger partial charge >= 0.3 is 0 Å². The number of thiazole rings is 1. The number of H-pyrrole nitrogens is 1. The average molecular weight is 291 g/mol. The van der Waals surface area contributed by atoms with Gasteiger partial charge in [-0.3, -0.25) is 9.89 Å². The molecule has 106 valence electrons. The highest BCUT2D eigenvalue weighted by molar-refractivity contribution is 7.11. The Morgan fingerprint density at radius 3 is 2.95 bits per heavy atom. The van der Waals surface area contributed by atoms with Gasteiger partial charge in [0.2, 0.25) is 0 Å². The molecule has 0 aliphatic heterocycles. The van der Waals surface area contributed by atoms with Gasteiger partial charge in [-0.1, -0.05) is 0 Å². The molecule has 20 heavy (non-hydrogen) atoms. The second-order valence-electron chi connectivity index (χ2n) is 5.18. The molecule has 0 aromatic carbocycles. The van der Waals surface area contributed by atoms with Crippen LogP contribution in [0, 0.1) is 6.92 Å². The third-order valence-corrected chi connectivity index (χ3v) is 4.33. The van der Waals surface area contributed by atoms with E-state index >= 15 is 0 Å². The van der Waals surface area contributed by atoms with Gasteiger partial charge in [0.05, 0.1) is 22.9 Å². The number of hydrogen-bond donors (Lipinski definition) is 2. The van der Waals surface area contributed by atoms with Crippen molar-refractivity contribution < 1.29 is 4.79 Å². The number of nitrogens with zero attached hydrogens (tertiary/aromatic N) is 3. The zero-order valence-corrected chi connectivity index (χ0v) is 12.3. The molecule has 0 unspecified atom stereocenters. The van der Waals surface area contributed by atoms with E-state index in [0.29, 0.717) is 23.8 Å². The van der Waals surface area contributed by atoms with Crippen LogP contribution in [-0.2, 0) is 6.54 Å². The van der Waals surface area contributed by atoms with Crippen LogP contribution in [-0.4, -0.2) is 33.0 Å². The summed E-state index contributed by atoms with van der Waals surface area (Å²) in [5.74, 6) is 0.301. The number of aryl methyl sites for hydroxylation is 1. The number of carbonyl (C=O) groups excluding carboxylic acids is 1. The summed E-state index contributed by atoms with van der Waals surface area (Å²) in [6.45, 7) is 2.47. The van der Waals surface area contributed by atoms with E-state index in [9.17, 15) is 4.79 Å². The first-order chi connectivity index (χ1) is 9.56.